The van der Waals surface area contributed by atoms with Gasteiger partial charge in [-0.2, -0.15) is 0 Å². The van der Waals surface area contributed by atoms with E-state index in [1.165, 1.54) is 6.92 Å². The van der Waals surface area contributed by atoms with Gasteiger partial charge in [-0.3, -0.25) is 4.52 Å². The van der Waals surface area contributed by atoms with Crippen LogP contribution in [0.15, 0.2) is 53.3 Å². The molecule has 2 atom stereocenters. The molecular formula is C18H19ClNO5P. The average Bonchev–Trinajstić information content (AvgIpc) is 2.58. The van der Waals surface area contributed by atoms with Crippen molar-refractivity contribution in [2.24, 2.45) is 4.74 Å². The number of benzene rings is 2. The second-order valence-electron chi connectivity index (χ2n) is 5.59. The molecule has 0 saturated heterocycles. The number of para-hydroxylation sites is 3. The first-order chi connectivity index (χ1) is 12.4. The minimum Gasteiger partial charge on any atom is -0.575 e. The summed E-state index contributed by atoms with van der Waals surface area (Å²) in [6.45, 7) is 4.94. The lowest BCUT2D eigenvalue weighted by atomic mass is 10.3. The van der Waals surface area contributed by atoms with E-state index < -0.39 is 20.2 Å². The van der Waals surface area contributed by atoms with E-state index in [0.29, 0.717) is 16.5 Å². The number of nitrogens with zero attached hydrogens (tertiary/aromatic N) is 1. The predicted octanol–water partition coefficient (Wildman–Crippen LogP) is 4.71. The molecule has 0 bridgehead atoms. The smallest absolute Gasteiger partial charge is 0.395 e. The summed E-state index contributed by atoms with van der Waals surface area (Å²) in [5.41, 5.74) is 0. The Labute approximate surface area is 158 Å². The Bertz CT molecular complexity index is 797. The molecule has 138 valence electrons. The van der Waals surface area contributed by atoms with Crippen LogP contribution in [-0.4, -0.2) is 18.1 Å². The third kappa shape index (κ3) is 5.99. The predicted molar refractivity (Wildman–Crippen MR) is 98.6 cm³/mol. The molecule has 2 rings (SSSR count). The standard InChI is InChI=1S/C18H19ClNO5P/c1-12(2)23-18(21)13(3)20-26(22)25-17-11-7-6-10-16(17)24-15-9-5-4-8-14(15)19/h4-13H,1-3H3/t13-/m1/s1. The van der Waals surface area contributed by atoms with Crippen LogP contribution in [0.25, 0.3) is 0 Å². The van der Waals surface area contributed by atoms with Crippen LogP contribution in [0, 0.1) is 0 Å². The molecule has 0 aliphatic heterocycles. The van der Waals surface area contributed by atoms with E-state index in [9.17, 15) is 9.69 Å². The summed E-state index contributed by atoms with van der Waals surface area (Å²) in [6.07, 6.45) is -0.274. The van der Waals surface area contributed by atoms with E-state index in [-0.39, 0.29) is 11.9 Å². The largest absolute Gasteiger partial charge is 0.575 e. The second kappa shape index (κ2) is 9.53. The number of esters is 1. The van der Waals surface area contributed by atoms with Gasteiger partial charge in [0.05, 0.1) is 11.1 Å². The molecule has 0 radical (unpaired) electrons. The molecule has 0 aliphatic rings. The number of rotatable bonds is 7. The maximum atomic E-state index is 12.2. The zero-order valence-corrected chi connectivity index (χ0v) is 16.2. The first-order valence-corrected chi connectivity index (χ1v) is 9.45. The van der Waals surface area contributed by atoms with Crippen molar-refractivity contribution in [2.45, 2.75) is 32.9 Å². The summed E-state index contributed by atoms with van der Waals surface area (Å²) in [4.78, 5) is 23.9. The third-order valence-corrected chi connectivity index (χ3v) is 4.24. The third-order valence-electron chi connectivity index (χ3n) is 3.04. The minimum absolute atomic E-state index is 0.224. The van der Waals surface area contributed by atoms with Gasteiger partial charge in [0.15, 0.2) is 11.8 Å². The number of halogens is 1. The van der Waals surface area contributed by atoms with Crippen LogP contribution in [0.2, 0.25) is 5.02 Å². The van der Waals surface area contributed by atoms with Crippen molar-refractivity contribution in [3.05, 3.63) is 53.6 Å². The molecule has 2 aromatic carbocycles. The van der Waals surface area contributed by atoms with Gasteiger partial charge in [0, 0.05) is 0 Å². The normalized spacial score (nSPS) is 12.6. The van der Waals surface area contributed by atoms with Crippen molar-refractivity contribution in [3.8, 4) is 17.2 Å². The van der Waals surface area contributed by atoms with Crippen molar-refractivity contribution in [2.75, 3.05) is 0 Å². The van der Waals surface area contributed by atoms with Crippen LogP contribution in [0.3, 0.4) is 0 Å². The number of hydrogen-bond donors (Lipinski definition) is 0. The van der Waals surface area contributed by atoms with Gasteiger partial charge in [0.2, 0.25) is 5.75 Å². The summed E-state index contributed by atoms with van der Waals surface area (Å²) in [5, 5.41) is 0.432. The SMILES string of the molecule is CC(C)OC(=O)[C@@H](C)N=[P+]([O-])Oc1ccccc1Oc1ccccc1Cl. The molecule has 2 aromatic rings. The summed E-state index contributed by atoms with van der Waals surface area (Å²) in [5.74, 6) is 0.428. The fraction of sp³-hybridized carbons (Fsp3) is 0.278. The van der Waals surface area contributed by atoms with Gasteiger partial charge >= 0.3 is 14.1 Å². The Balaban J connectivity index is 2.13. The summed E-state index contributed by atoms with van der Waals surface area (Å²) < 4.78 is 19.9. The van der Waals surface area contributed by atoms with E-state index >= 15 is 0 Å². The Morgan fingerprint density at radius 3 is 2.23 bits per heavy atom. The first-order valence-electron chi connectivity index (χ1n) is 7.94. The molecule has 8 heteroatoms. The fourth-order valence-corrected chi connectivity index (χ4v) is 2.80. The quantitative estimate of drug-likeness (QED) is 0.501. The second-order valence-corrected chi connectivity index (χ2v) is 6.88. The van der Waals surface area contributed by atoms with Gasteiger partial charge in [0.25, 0.3) is 0 Å². The molecule has 0 heterocycles. The van der Waals surface area contributed by atoms with Crippen molar-refractivity contribution in [1.82, 2.24) is 0 Å². The maximum Gasteiger partial charge on any atom is 0.395 e. The van der Waals surface area contributed by atoms with Gasteiger partial charge in [-0.05, 0) is 45.0 Å². The molecule has 0 saturated carbocycles. The molecule has 26 heavy (non-hydrogen) atoms. The number of ether oxygens (including phenoxy) is 2. The van der Waals surface area contributed by atoms with E-state index in [0.717, 1.165) is 0 Å². The molecule has 0 fully saturated rings. The van der Waals surface area contributed by atoms with E-state index in [1.54, 1.807) is 62.4 Å². The zero-order chi connectivity index (χ0) is 19.1. The topological polar surface area (TPSA) is 80.2 Å². The summed E-state index contributed by atoms with van der Waals surface area (Å²) in [6, 6.07) is 12.7. The molecule has 0 N–H and O–H groups in total. The molecule has 0 aromatic heterocycles. The molecular weight excluding hydrogens is 377 g/mol. The van der Waals surface area contributed by atoms with Crippen molar-refractivity contribution in [3.63, 3.8) is 0 Å². The van der Waals surface area contributed by atoms with Gasteiger partial charge in [-0.1, -0.05) is 40.6 Å². The highest BCUT2D eigenvalue weighted by molar-refractivity contribution is 7.34. The lowest BCUT2D eigenvalue weighted by Crippen LogP contribution is -2.21. The Hall–Kier alpha value is -2.14. The fourth-order valence-electron chi connectivity index (χ4n) is 1.88. The lowest BCUT2D eigenvalue weighted by Gasteiger charge is -2.11. The highest BCUT2D eigenvalue weighted by Gasteiger charge is 2.20. The summed E-state index contributed by atoms with van der Waals surface area (Å²) >= 11 is 6.08. The highest BCUT2D eigenvalue weighted by Crippen LogP contribution is 2.37. The van der Waals surface area contributed by atoms with Crippen molar-refractivity contribution < 1.29 is 23.7 Å². The molecule has 0 spiro atoms. The minimum atomic E-state index is -2.49. The van der Waals surface area contributed by atoms with Crippen LogP contribution in [-0.2, 0) is 9.53 Å². The van der Waals surface area contributed by atoms with Crippen LogP contribution >= 0.6 is 19.8 Å². The van der Waals surface area contributed by atoms with Crippen LogP contribution < -0.4 is 14.2 Å². The maximum absolute atomic E-state index is 12.2. The molecule has 6 nitrogen and oxygen atoms in total. The van der Waals surface area contributed by atoms with Gasteiger partial charge in [0.1, 0.15) is 5.75 Å². The number of hydrogen-bond acceptors (Lipinski definition) is 6. The number of carbonyl (C=O) groups is 1. The van der Waals surface area contributed by atoms with E-state index in [2.05, 4.69) is 4.74 Å². The Morgan fingerprint density at radius 1 is 1.04 bits per heavy atom. The van der Waals surface area contributed by atoms with Gasteiger partial charge in [-0.25, -0.2) is 4.79 Å². The zero-order valence-electron chi connectivity index (χ0n) is 14.6. The highest BCUT2D eigenvalue weighted by atomic mass is 35.5. The molecule has 0 aliphatic carbocycles. The lowest BCUT2D eigenvalue weighted by molar-refractivity contribution is -0.170. The Morgan fingerprint density at radius 2 is 1.62 bits per heavy atom. The van der Waals surface area contributed by atoms with Crippen LogP contribution in [0.1, 0.15) is 20.8 Å². The van der Waals surface area contributed by atoms with Gasteiger partial charge < -0.3 is 14.4 Å². The van der Waals surface area contributed by atoms with Crippen LogP contribution in [0.4, 0.5) is 0 Å². The van der Waals surface area contributed by atoms with Crippen LogP contribution in [0.5, 0.6) is 17.2 Å². The molecule has 0 amide bonds. The van der Waals surface area contributed by atoms with Gasteiger partial charge in [-0.15, -0.1) is 0 Å². The monoisotopic (exact) mass is 395 g/mol. The number of carbonyl (C=O) groups excluding carboxylic acids is 1. The first kappa shape index (κ1) is 20.2. The van der Waals surface area contributed by atoms with E-state index in [1.807, 2.05) is 0 Å². The summed E-state index contributed by atoms with van der Waals surface area (Å²) in [7, 11) is -2.49. The van der Waals surface area contributed by atoms with E-state index in [4.69, 9.17) is 25.6 Å². The van der Waals surface area contributed by atoms with Crippen molar-refractivity contribution in [1.29, 1.82) is 0 Å². The van der Waals surface area contributed by atoms with Crippen molar-refractivity contribution >= 4 is 25.7 Å². The molecule has 1 unspecified atom stereocenters. The average molecular weight is 396 g/mol. The Kier molecular flexibility index (Phi) is 7.39.